The topological polar surface area (TPSA) is 43.4 Å². The van der Waals surface area contributed by atoms with Crippen LogP contribution >= 0.6 is 33.9 Å². The van der Waals surface area contributed by atoms with Gasteiger partial charge in [0.15, 0.2) is 5.75 Å². The first-order chi connectivity index (χ1) is 6.29. The lowest BCUT2D eigenvalue weighted by atomic mass is 10.2. The maximum atomic E-state index is 10.6. The van der Waals surface area contributed by atoms with Crippen LogP contribution in [-0.2, 0) is 9.33 Å². The van der Waals surface area contributed by atoms with Crippen LogP contribution in [0.15, 0.2) is 12.1 Å². The molecule has 0 saturated carbocycles. The van der Waals surface area contributed by atoms with Crippen LogP contribution in [0, 0.1) is 6.92 Å². The van der Waals surface area contributed by atoms with Crippen molar-refractivity contribution in [3.05, 3.63) is 27.7 Å². The highest BCUT2D eigenvalue weighted by Crippen LogP contribution is 2.33. The molecule has 0 fully saturated rings. The molecule has 0 aliphatic carbocycles. The molecule has 0 amide bonds. The zero-order valence-electron chi connectivity index (χ0n) is 6.92. The van der Waals surface area contributed by atoms with E-state index in [0.717, 1.165) is 0 Å². The average molecular weight is 276 g/mol. The summed E-state index contributed by atoms with van der Waals surface area (Å²) < 4.78 is 25.7. The lowest BCUT2D eigenvalue weighted by Gasteiger charge is -2.07. The Hall–Kier alpha value is -0.160. The van der Waals surface area contributed by atoms with Crippen LogP contribution in [0.25, 0.3) is 0 Å². The van der Waals surface area contributed by atoms with Crippen molar-refractivity contribution in [2.75, 3.05) is 0 Å². The molecule has 0 heterocycles. The van der Waals surface area contributed by atoms with Crippen LogP contribution in [0.2, 0.25) is 10.0 Å². The van der Waals surface area contributed by atoms with E-state index in [1.54, 1.807) is 6.92 Å². The fourth-order valence-corrected chi connectivity index (χ4v) is 2.18. The monoisotopic (exact) mass is 274 g/mol. The highest BCUT2D eigenvalue weighted by Gasteiger charge is 2.14. The Bertz CT molecular complexity index is 432. The Morgan fingerprint density at radius 2 is 1.86 bits per heavy atom. The number of hydrogen-bond acceptors (Lipinski definition) is 3. The summed E-state index contributed by atoms with van der Waals surface area (Å²) in [7, 11) is 0.819. The molecule has 1 rings (SSSR count). The van der Waals surface area contributed by atoms with Crippen LogP contribution in [0.5, 0.6) is 5.75 Å². The van der Waals surface area contributed by atoms with Crippen molar-refractivity contribution in [2.24, 2.45) is 0 Å². The molecule has 0 atom stereocenters. The second kappa shape index (κ2) is 4.14. The van der Waals surface area contributed by atoms with E-state index in [0.29, 0.717) is 10.6 Å². The van der Waals surface area contributed by atoms with Crippen molar-refractivity contribution in [3.8, 4) is 5.75 Å². The smallest absolute Gasteiger partial charge is 0.369 e. The first-order valence-electron chi connectivity index (χ1n) is 3.39. The fourth-order valence-electron chi connectivity index (χ4n) is 0.894. The predicted molar refractivity (Wildman–Crippen MR) is 56.6 cm³/mol. The van der Waals surface area contributed by atoms with Gasteiger partial charge < -0.3 is 4.18 Å². The summed E-state index contributed by atoms with van der Waals surface area (Å²) in [6.45, 7) is 1.61. The molecule has 0 saturated heterocycles. The van der Waals surface area contributed by atoms with Gasteiger partial charge in [0.25, 0.3) is 0 Å². The van der Waals surface area contributed by atoms with Crippen molar-refractivity contribution in [2.45, 2.75) is 6.92 Å². The van der Waals surface area contributed by atoms with Crippen LogP contribution < -0.4 is 4.18 Å². The van der Waals surface area contributed by atoms with Gasteiger partial charge in [0, 0.05) is 5.02 Å². The Balaban J connectivity index is 3.22. The lowest BCUT2D eigenvalue weighted by Crippen LogP contribution is -2.01. The molecular weight excluding hydrogens is 270 g/mol. The van der Waals surface area contributed by atoms with Gasteiger partial charge in [-0.05, 0) is 24.6 Å². The van der Waals surface area contributed by atoms with Gasteiger partial charge >= 0.3 is 9.33 Å². The number of rotatable bonds is 2. The number of aryl methyl sites for hydroxylation is 1. The molecule has 7 heteroatoms. The number of halogens is 3. The minimum atomic E-state index is -4.09. The highest BCUT2D eigenvalue weighted by molar-refractivity contribution is 8.10. The predicted octanol–water partition coefficient (Wildman–Crippen LogP) is 3.16. The minimum absolute atomic E-state index is 0.00827. The van der Waals surface area contributed by atoms with Crippen LogP contribution in [0.4, 0.5) is 0 Å². The summed E-state index contributed by atoms with van der Waals surface area (Å²) in [6.07, 6.45) is 0. The zero-order valence-corrected chi connectivity index (χ0v) is 10.0. The molecule has 1 aromatic carbocycles. The summed E-state index contributed by atoms with van der Waals surface area (Å²) in [5.41, 5.74) is 0.492. The molecule has 0 aliphatic rings. The van der Waals surface area contributed by atoms with Crippen molar-refractivity contribution in [3.63, 3.8) is 0 Å². The normalized spacial score (nSPS) is 11.4. The SMILES string of the molecule is Cc1cc(Cl)cc(Cl)c1OS(=O)(=O)Cl. The van der Waals surface area contributed by atoms with Gasteiger partial charge in [-0.25, -0.2) is 0 Å². The van der Waals surface area contributed by atoms with Gasteiger partial charge in [0.1, 0.15) is 0 Å². The third-order valence-corrected chi connectivity index (χ3v) is 2.43. The highest BCUT2D eigenvalue weighted by atomic mass is 35.7. The molecular formula is C7H5Cl3O3S. The van der Waals surface area contributed by atoms with E-state index in [2.05, 4.69) is 4.18 Å². The van der Waals surface area contributed by atoms with Crippen LogP contribution in [-0.4, -0.2) is 8.42 Å². The van der Waals surface area contributed by atoms with E-state index in [1.807, 2.05) is 0 Å². The molecule has 0 spiro atoms. The molecule has 0 unspecified atom stereocenters. The van der Waals surface area contributed by atoms with E-state index in [1.165, 1.54) is 12.1 Å². The molecule has 0 bridgehead atoms. The Morgan fingerprint density at radius 3 is 2.29 bits per heavy atom. The maximum absolute atomic E-state index is 10.6. The van der Waals surface area contributed by atoms with Crippen molar-refractivity contribution >= 4 is 43.2 Å². The van der Waals surface area contributed by atoms with Gasteiger partial charge in [0.2, 0.25) is 0 Å². The number of hydrogen-bond donors (Lipinski definition) is 0. The molecule has 14 heavy (non-hydrogen) atoms. The van der Waals surface area contributed by atoms with E-state index >= 15 is 0 Å². The van der Waals surface area contributed by atoms with Gasteiger partial charge in [-0.15, -0.1) is 0 Å². The fraction of sp³-hybridized carbons (Fsp3) is 0.143. The van der Waals surface area contributed by atoms with Gasteiger partial charge in [-0.1, -0.05) is 23.2 Å². The largest absolute Gasteiger partial charge is 0.401 e. The standard InChI is InChI=1S/C7H5Cl3O3S/c1-4-2-5(8)3-6(9)7(4)13-14(10,11)12/h2-3H,1H3. The summed E-state index contributed by atoms with van der Waals surface area (Å²) in [5, 5.41) is 0.492. The van der Waals surface area contributed by atoms with E-state index in [4.69, 9.17) is 33.9 Å². The Labute approximate surface area is 96.2 Å². The Morgan fingerprint density at radius 1 is 1.29 bits per heavy atom. The second-order valence-electron chi connectivity index (χ2n) is 2.51. The van der Waals surface area contributed by atoms with E-state index in [9.17, 15) is 8.42 Å². The molecule has 1 aromatic rings. The summed E-state index contributed by atoms with van der Waals surface area (Å²) >= 11 is 11.4. The molecule has 0 aromatic heterocycles. The summed E-state index contributed by atoms with van der Waals surface area (Å²) in [5.74, 6) is -0.00827. The first-order valence-corrected chi connectivity index (χ1v) is 6.38. The average Bonchev–Trinajstić information content (AvgIpc) is 1.95. The maximum Gasteiger partial charge on any atom is 0.401 e. The molecule has 0 aliphatic heterocycles. The van der Waals surface area contributed by atoms with Crippen molar-refractivity contribution < 1.29 is 12.6 Å². The quantitative estimate of drug-likeness (QED) is 0.779. The number of benzene rings is 1. The van der Waals surface area contributed by atoms with Crippen molar-refractivity contribution in [1.82, 2.24) is 0 Å². The van der Waals surface area contributed by atoms with E-state index in [-0.39, 0.29) is 10.8 Å². The lowest BCUT2D eigenvalue weighted by molar-refractivity contribution is 0.501. The van der Waals surface area contributed by atoms with Crippen LogP contribution in [0.1, 0.15) is 5.56 Å². The summed E-state index contributed by atoms with van der Waals surface area (Å²) in [6, 6.07) is 2.89. The van der Waals surface area contributed by atoms with E-state index < -0.39 is 9.33 Å². The third-order valence-electron chi connectivity index (χ3n) is 1.38. The molecule has 0 N–H and O–H groups in total. The Kier molecular flexibility index (Phi) is 3.53. The molecule has 78 valence electrons. The third kappa shape index (κ3) is 3.20. The van der Waals surface area contributed by atoms with Gasteiger partial charge in [-0.2, -0.15) is 8.42 Å². The van der Waals surface area contributed by atoms with Gasteiger partial charge in [-0.3, -0.25) is 0 Å². The molecule has 3 nitrogen and oxygen atoms in total. The molecule has 0 radical (unpaired) electrons. The zero-order chi connectivity index (χ0) is 10.9. The minimum Gasteiger partial charge on any atom is -0.369 e. The van der Waals surface area contributed by atoms with Crippen molar-refractivity contribution in [1.29, 1.82) is 0 Å². The second-order valence-corrected chi connectivity index (χ2v) is 5.44. The summed E-state index contributed by atoms with van der Waals surface area (Å²) in [4.78, 5) is 0. The van der Waals surface area contributed by atoms with Gasteiger partial charge in [0.05, 0.1) is 15.7 Å². The first kappa shape index (κ1) is 11.9. The van der Waals surface area contributed by atoms with Crippen LogP contribution in [0.3, 0.4) is 0 Å².